The Morgan fingerprint density at radius 3 is 2.53 bits per heavy atom. The monoisotopic (exact) mass is 578 g/mol. The van der Waals surface area contributed by atoms with E-state index in [9.17, 15) is 13.2 Å². The van der Waals surface area contributed by atoms with Crippen LogP contribution in [0.3, 0.4) is 0 Å². The maximum absolute atomic E-state index is 13.8. The van der Waals surface area contributed by atoms with Crippen molar-refractivity contribution < 1.29 is 17.9 Å². The lowest BCUT2D eigenvalue weighted by Gasteiger charge is -2.27. The summed E-state index contributed by atoms with van der Waals surface area (Å²) >= 11 is 7.71. The quantitative estimate of drug-likeness (QED) is 0.317. The average molecular weight is 579 g/mol. The normalized spacial score (nSPS) is 14.9. The first-order chi connectivity index (χ1) is 18.2. The highest BCUT2D eigenvalue weighted by Crippen LogP contribution is 2.34. The van der Waals surface area contributed by atoms with E-state index in [2.05, 4.69) is 4.90 Å². The zero-order chi connectivity index (χ0) is 27.3. The van der Waals surface area contributed by atoms with Crippen LogP contribution in [0.1, 0.15) is 42.1 Å². The van der Waals surface area contributed by atoms with Crippen molar-refractivity contribution in [2.75, 3.05) is 57.9 Å². The molecule has 38 heavy (non-hydrogen) atoms. The van der Waals surface area contributed by atoms with Gasteiger partial charge >= 0.3 is 0 Å². The minimum atomic E-state index is -3.61. The number of rotatable bonds is 11. The second-order valence-corrected chi connectivity index (χ2v) is 13.0. The molecule has 0 unspecified atom stereocenters. The van der Waals surface area contributed by atoms with Crippen LogP contribution in [0.25, 0.3) is 10.2 Å². The minimum absolute atomic E-state index is 0.178. The Bertz CT molecular complexity index is 1360. The summed E-state index contributed by atoms with van der Waals surface area (Å²) in [5.74, 6) is -0.210. The number of unbranched alkanes of at least 4 members (excludes halogenated alkanes) is 1. The molecular formula is C27H35ClN4O4S2. The van der Waals surface area contributed by atoms with E-state index in [4.69, 9.17) is 21.3 Å². The molecule has 1 saturated heterocycles. The van der Waals surface area contributed by atoms with Gasteiger partial charge < -0.3 is 4.74 Å². The first-order valence-corrected chi connectivity index (χ1v) is 15.6. The highest BCUT2D eigenvalue weighted by Gasteiger charge is 2.25. The van der Waals surface area contributed by atoms with E-state index < -0.39 is 10.0 Å². The number of ether oxygens (including phenoxy) is 1. The Morgan fingerprint density at radius 2 is 1.84 bits per heavy atom. The highest BCUT2D eigenvalue weighted by molar-refractivity contribution is 7.89. The van der Waals surface area contributed by atoms with Crippen LogP contribution in [0.2, 0.25) is 5.02 Å². The molecule has 2 aromatic carbocycles. The first kappa shape index (κ1) is 28.9. The maximum atomic E-state index is 13.8. The number of thiazole rings is 1. The van der Waals surface area contributed by atoms with Gasteiger partial charge in [0, 0.05) is 50.4 Å². The van der Waals surface area contributed by atoms with Crippen molar-refractivity contribution >= 4 is 54.2 Å². The predicted octanol–water partition coefficient (Wildman–Crippen LogP) is 5.05. The topological polar surface area (TPSA) is 83.1 Å². The molecule has 1 fully saturated rings. The second-order valence-electron chi connectivity index (χ2n) is 9.53. The number of aromatic nitrogens is 1. The number of anilines is 1. The molecular weight excluding hydrogens is 544 g/mol. The molecule has 8 nitrogen and oxygen atoms in total. The Hall–Kier alpha value is -2.08. The SMILES string of the molecule is CCCCN(C)S(=O)(=O)c1ccc(C(=O)N(CCCN2CCOCC2)c2nc3c(C)cc(Cl)cc3s2)cc1. The van der Waals surface area contributed by atoms with Gasteiger partial charge in [-0.2, -0.15) is 0 Å². The lowest BCUT2D eigenvalue weighted by molar-refractivity contribution is 0.0376. The highest BCUT2D eigenvalue weighted by atomic mass is 35.5. The number of morpholine rings is 1. The summed E-state index contributed by atoms with van der Waals surface area (Å²) in [6.45, 7) is 9.00. The van der Waals surface area contributed by atoms with E-state index in [0.29, 0.717) is 28.8 Å². The summed E-state index contributed by atoms with van der Waals surface area (Å²) < 4.78 is 33.6. The molecule has 0 radical (unpaired) electrons. The first-order valence-electron chi connectivity index (χ1n) is 13.0. The van der Waals surface area contributed by atoms with Crippen molar-refractivity contribution in [2.45, 2.75) is 38.0 Å². The van der Waals surface area contributed by atoms with Gasteiger partial charge in [0.15, 0.2) is 5.13 Å². The summed E-state index contributed by atoms with van der Waals surface area (Å²) in [6.07, 6.45) is 2.47. The third-order valence-electron chi connectivity index (χ3n) is 6.71. The molecule has 1 aliphatic rings. The van der Waals surface area contributed by atoms with Crippen molar-refractivity contribution in [3.63, 3.8) is 0 Å². The average Bonchev–Trinajstić information content (AvgIpc) is 3.34. The van der Waals surface area contributed by atoms with E-state index in [-0.39, 0.29) is 10.8 Å². The minimum Gasteiger partial charge on any atom is -0.379 e. The van der Waals surface area contributed by atoms with Crippen molar-refractivity contribution in [1.82, 2.24) is 14.2 Å². The van der Waals surface area contributed by atoms with Crippen LogP contribution in [0, 0.1) is 6.92 Å². The molecule has 1 aromatic heterocycles. The molecule has 0 aliphatic carbocycles. The van der Waals surface area contributed by atoms with Gasteiger partial charge in [-0.25, -0.2) is 17.7 Å². The number of sulfonamides is 1. The van der Waals surface area contributed by atoms with Crippen LogP contribution in [-0.4, -0.2) is 81.5 Å². The Kier molecular flexibility index (Phi) is 9.78. The van der Waals surface area contributed by atoms with Crippen molar-refractivity contribution in [3.8, 4) is 0 Å². The number of fused-ring (bicyclic) bond motifs is 1. The molecule has 0 saturated carbocycles. The Morgan fingerprint density at radius 1 is 1.13 bits per heavy atom. The van der Waals surface area contributed by atoms with Crippen LogP contribution < -0.4 is 4.90 Å². The number of aryl methyl sites for hydroxylation is 1. The number of hydrogen-bond acceptors (Lipinski definition) is 7. The smallest absolute Gasteiger partial charge is 0.260 e. The predicted molar refractivity (Wildman–Crippen MR) is 154 cm³/mol. The second kappa shape index (κ2) is 12.8. The Balaban J connectivity index is 1.58. The largest absolute Gasteiger partial charge is 0.379 e. The van der Waals surface area contributed by atoms with Crippen molar-refractivity contribution in [2.24, 2.45) is 0 Å². The number of carbonyl (C=O) groups excluding carboxylic acids is 1. The van der Waals surface area contributed by atoms with Crippen molar-refractivity contribution in [1.29, 1.82) is 0 Å². The fraction of sp³-hybridized carbons (Fsp3) is 0.481. The number of halogens is 1. The van der Waals surface area contributed by atoms with Crippen LogP contribution in [0.15, 0.2) is 41.3 Å². The number of amides is 1. The number of hydrogen-bond donors (Lipinski definition) is 0. The molecule has 4 rings (SSSR count). The summed E-state index contributed by atoms with van der Waals surface area (Å²) in [5.41, 5.74) is 2.20. The van der Waals surface area contributed by atoms with Crippen LogP contribution in [-0.2, 0) is 14.8 Å². The molecule has 1 aliphatic heterocycles. The molecule has 0 bridgehead atoms. The number of nitrogens with zero attached hydrogens (tertiary/aromatic N) is 4. The molecule has 1 amide bonds. The van der Waals surface area contributed by atoms with Gasteiger partial charge in [0.2, 0.25) is 10.0 Å². The molecule has 206 valence electrons. The van der Waals surface area contributed by atoms with Gasteiger partial charge in [0.05, 0.1) is 28.3 Å². The number of benzene rings is 2. The van der Waals surface area contributed by atoms with E-state index >= 15 is 0 Å². The van der Waals surface area contributed by atoms with Crippen LogP contribution >= 0.6 is 22.9 Å². The standard InChI is InChI=1S/C27H35ClN4O4S2/c1-4-5-11-30(3)38(34,35)23-9-7-21(8-10-23)26(33)32(13-6-12-31-14-16-36-17-15-31)27-29-25-20(2)18-22(28)19-24(25)37-27/h7-10,18-19H,4-6,11-17H2,1-3H3. The zero-order valence-electron chi connectivity index (χ0n) is 22.2. The molecule has 0 N–H and O–H groups in total. The molecule has 0 spiro atoms. The molecule has 3 aromatic rings. The molecule has 0 atom stereocenters. The van der Waals surface area contributed by atoms with E-state index in [1.807, 2.05) is 26.0 Å². The van der Waals surface area contributed by atoms with Gasteiger partial charge in [-0.1, -0.05) is 36.3 Å². The summed E-state index contributed by atoms with van der Waals surface area (Å²) in [6, 6.07) is 9.95. The zero-order valence-corrected chi connectivity index (χ0v) is 24.5. The van der Waals surface area contributed by atoms with Crippen molar-refractivity contribution in [3.05, 3.63) is 52.5 Å². The molecule has 11 heteroatoms. The van der Waals surface area contributed by atoms with Gasteiger partial charge in [0.25, 0.3) is 5.91 Å². The lowest BCUT2D eigenvalue weighted by Crippen LogP contribution is -2.39. The summed E-state index contributed by atoms with van der Waals surface area (Å²) in [5, 5.41) is 1.24. The van der Waals surface area contributed by atoms with E-state index in [1.54, 1.807) is 24.1 Å². The van der Waals surface area contributed by atoms with Gasteiger partial charge in [-0.15, -0.1) is 0 Å². The van der Waals surface area contributed by atoms with Gasteiger partial charge in [0.1, 0.15) is 0 Å². The lowest BCUT2D eigenvalue weighted by atomic mass is 10.2. The van der Waals surface area contributed by atoms with Gasteiger partial charge in [-0.05, 0) is 61.7 Å². The Labute approximate surface area is 234 Å². The fourth-order valence-corrected chi connectivity index (χ4v) is 7.08. The summed E-state index contributed by atoms with van der Waals surface area (Å²) in [4.78, 5) is 22.8. The van der Waals surface area contributed by atoms with Gasteiger partial charge in [-0.3, -0.25) is 14.6 Å². The fourth-order valence-electron chi connectivity index (χ4n) is 4.43. The third-order valence-corrected chi connectivity index (χ3v) is 9.83. The van der Waals surface area contributed by atoms with Crippen LogP contribution in [0.5, 0.6) is 0 Å². The third kappa shape index (κ3) is 6.73. The number of carbonyl (C=O) groups is 1. The van der Waals surface area contributed by atoms with E-state index in [0.717, 1.165) is 67.9 Å². The summed E-state index contributed by atoms with van der Waals surface area (Å²) in [7, 11) is -2.02. The van der Waals surface area contributed by atoms with Crippen LogP contribution in [0.4, 0.5) is 5.13 Å². The molecule has 2 heterocycles. The maximum Gasteiger partial charge on any atom is 0.260 e. The van der Waals surface area contributed by atoms with E-state index in [1.165, 1.54) is 27.8 Å².